The van der Waals surface area contributed by atoms with Crippen molar-refractivity contribution in [3.63, 3.8) is 0 Å². The highest BCUT2D eigenvalue weighted by atomic mass is 16.5. The van der Waals surface area contributed by atoms with Gasteiger partial charge in [0.2, 0.25) is 0 Å². The minimum atomic E-state index is -0.300. The number of carbonyl (C=O) groups excluding carboxylic acids is 1. The van der Waals surface area contributed by atoms with Crippen molar-refractivity contribution in [3.05, 3.63) is 77.4 Å². The van der Waals surface area contributed by atoms with Crippen LogP contribution in [-0.2, 0) is 0 Å². The average Bonchev–Trinajstić information content (AvgIpc) is 2.65. The molecule has 0 saturated carbocycles. The summed E-state index contributed by atoms with van der Waals surface area (Å²) in [6.07, 6.45) is 6.55. The summed E-state index contributed by atoms with van der Waals surface area (Å²) < 4.78 is 10.4. The molecule has 0 fully saturated rings. The number of aromatic hydroxyl groups is 1. The van der Waals surface area contributed by atoms with Gasteiger partial charge in [-0.3, -0.25) is 4.79 Å². The predicted molar refractivity (Wildman–Crippen MR) is 105 cm³/mol. The van der Waals surface area contributed by atoms with Gasteiger partial charge < -0.3 is 14.6 Å². The second-order valence-corrected chi connectivity index (χ2v) is 5.73. The van der Waals surface area contributed by atoms with E-state index in [2.05, 4.69) is 6.58 Å². The maximum atomic E-state index is 12.5. The molecule has 0 aromatic heterocycles. The van der Waals surface area contributed by atoms with E-state index in [1.54, 1.807) is 37.5 Å². The van der Waals surface area contributed by atoms with Gasteiger partial charge in [0.1, 0.15) is 17.2 Å². The molecule has 26 heavy (non-hydrogen) atoms. The molecule has 0 unspecified atom stereocenters. The van der Waals surface area contributed by atoms with Crippen LogP contribution < -0.4 is 9.47 Å². The van der Waals surface area contributed by atoms with Gasteiger partial charge in [0.05, 0.1) is 25.3 Å². The summed E-state index contributed by atoms with van der Waals surface area (Å²) in [5.74, 6) is 0.808. The molecular weight excluding hydrogens is 328 g/mol. The third-order valence-corrected chi connectivity index (χ3v) is 3.74. The van der Waals surface area contributed by atoms with Crippen molar-refractivity contribution < 1.29 is 19.4 Å². The van der Waals surface area contributed by atoms with E-state index < -0.39 is 0 Å². The maximum Gasteiger partial charge on any atom is 0.189 e. The molecule has 0 aliphatic heterocycles. The molecule has 0 aliphatic carbocycles. The summed E-state index contributed by atoms with van der Waals surface area (Å²) in [4.78, 5) is 12.5. The number of ketones is 1. The monoisotopic (exact) mass is 350 g/mol. The largest absolute Gasteiger partial charge is 0.506 e. The highest BCUT2D eigenvalue weighted by Crippen LogP contribution is 2.33. The summed E-state index contributed by atoms with van der Waals surface area (Å²) >= 11 is 0. The Bertz CT molecular complexity index is 858. The van der Waals surface area contributed by atoms with Crippen molar-refractivity contribution in [2.24, 2.45) is 0 Å². The van der Waals surface area contributed by atoms with E-state index in [0.717, 1.165) is 16.9 Å². The molecule has 2 aromatic rings. The minimum absolute atomic E-state index is 0.119. The fraction of sp³-hybridized carbons (Fsp3) is 0.136. The zero-order valence-corrected chi connectivity index (χ0v) is 15.2. The Morgan fingerprint density at radius 3 is 2.27 bits per heavy atom. The molecule has 0 aliphatic rings. The standard InChI is InChI=1S/C22H22O4/c1-15(2)5-11-19-21(26-4)14-12-18(22(19)24)20(23)13-8-16-6-9-17(25-3)10-7-16/h5-14,24H,1H2,2-4H3. The number of methoxy groups -OCH3 is 2. The maximum absolute atomic E-state index is 12.5. The molecule has 0 spiro atoms. The molecule has 0 saturated heterocycles. The molecule has 0 heterocycles. The van der Waals surface area contributed by atoms with Gasteiger partial charge in [0.15, 0.2) is 5.78 Å². The second-order valence-electron chi connectivity index (χ2n) is 5.73. The van der Waals surface area contributed by atoms with Crippen LogP contribution in [0.15, 0.2) is 60.7 Å². The molecule has 4 nitrogen and oxygen atoms in total. The summed E-state index contributed by atoms with van der Waals surface area (Å²) in [6, 6.07) is 10.5. The first-order chi connectivity index (χ1) is 12.5. The van der Waals surface area contributed by atoms with E-state index >= 15 is 0 Å². The second kappa shape index (κ2) is 8.72. The number of ether oxygens (including phenoxy) is 2. The molecule has 0 radical (unpaired) electrons. The number of phenols is 1. The zero-order chi connectivity index (χ0) is 19.1. The van der Waals surface area contributed by atoms with E-state index in [4.69, 9.17) is 9.47 Å². The van der Waals surface area contributed by atoms with Crippen molar-refractivity contribution in [2.75, 3.05) is 14.2 Å². The normalized spacial score (nSPS) is 11.0. The number of allylic oxidation sites excluding steroid dienone is 3. The highest BCUT2D eigenvalue weighted by Gasteiger charge is 2.15. The first-order valence-electron chi connectivity index (χ1n) is 8.06. The van der Waals surface area contributed by atoms with E-state index in [9.17, 15) is 9.90 Å². The van der Waals surface area contributed by atoms with Crippen LogP contribution >= 0.6 is 0 Å². The van der Waals surface area contributed by atoms with Gasteiger partial charge >= 0.3 is 0 Å². The number of hydrogen-bond acceptors (Lipinski definition) is 4. The number of carbonyl (C=O) groups is 1. The van der Waals surface area contributed by atoms with Crippen LogP contribution in [0.3, 0.4) is 0 Å². The average molecular weight is 350 g/mol. The third-order valence-electron chi connectivity index (χ3n) is 3.74. The van der Waals surface area contributed by atoms with Crippen molar-refractivity contribution in [2.45, 2.75) is 6.92 Å². The topological polar surface area (TPSA) is 55.8 Å². The molecule has 1 N–H and O–H groups in total. The summed E-state index contributed by atoms with van der Waals surface area (Å²) in [6.45, 7) is 5.63. The Hall–Kier alpha value is -3.27. The lowest BCUT2D eigenvalue weighted by molar-refractivity contribution is 0.104. The first-order valence-corrected chi connectivity index (χ1v) is 8.06. The summed E-state index contributed by atoms with van der Waals surface area (Å²) in [5.41, 5.74) is 2.33. The van der Waals surface area contributed by atoms with Crippen molar-refractivity contribution in [1.29, 1.82) is 0 Å². The SMILES string of the molecule is C=C(C)C=Cc1c(OC)ccc(C(=O)C=Cc2ccc(OC)cc2)c1O. The molecule has 0 atom stereocenters. The van der Waals surface area contributed by atoms with Gasteiger partial charge in [-0.2, -0.15) is 0 Å². The Morgan fingerprint density at radius 2 is 1.69 bits per heavy atom. The van der Waals surface area contributed by atoms with E-state index in [-0.39, 0.29) is 17.1 Å². The Morgan fingerprint density at radius 1 is 1.00 bits per heavy atom. The van der Waals surface area contributed by atoms with Gasteiger partial charge in [-0.1, -0.05) is 36.4 Å². The fourth-order valence-electron chi connectivity index (χ4n) is 2.33. The van der Waals surface area contributed by atoms with Gasteiger partial charge in [-0.25, -0.2) is 0 Å². The number of rotatable bonds is 7. The molecular formula is C22H22O4. The van der Waals surface area contributed by atoms with Crippen LogP contribution in [-0.4, -0.2) is 25.1 Å². The molecule has 134 valence electrons. The lowest BCUT2D eigenvalue weighted by Crippen LogP contribution is -1.98. The number of hydrogen-bond donors (Lipinski definition) is 1. The Labute approximate surface area is 153 Å². The molecule has 2 rings (SSSR count). The third kappa shape index (κ3) is 4.63. The van der Waals surface area contributed by atoms with Gasteiger partial charge in [0.25, 0.3) is 0 Å². The summed E-state index contributed by atoms with van der Waals surface area (Å²) in [5, 5.41) is 10.5. The molecule has 0 amide bonds. The lowest BCUT2D eigenvalue weighted by atomic mass is 10.0. The quantitative estimate of drug-likeness (QED) is 0.439. The van der Waals surface area contributed by atoms with Gasteiger partial charge in [-0.05, 0) is 48.9 Å². The smallest absolute Gasteiger partial charge is 0.189 e. The number of benzene rings is 2. The van der Waals surface area contributed by atoms with Crippen LogP contribution in [0.2, 0.25) is 0 Å². The van der Waals surface area contributed by atoms with Crippen molar-refractivity contribution in [3.8, 4) is 17.2 Å². The van der Waals surface area contributed by atoms with Crippen molar-refractivity contribution >= 4 is 17.9 Å². The Kier molecular flexibility index (Phi) is 6.39. The number of phenolic OH excluding ortho intramolecular Hbond substituents is 1. The first kappa shape index (κ1) is 19.1. The highest BCUT2D eigenvalue weighted by molar-refractivity contribution is 6.09. The van der Waals surface area contributed by atoms with Crippen molar-refractivity contribution in [1.82, 2.24) is 0 Å². The molecule has 2 aromatic carbocycles. The predicted octanol–water partition coefficient (Wildman–Crippen LogP) is 4.89. The molecule has 4 heteroatoms. The van der Waals surface area contributed by atoms with E-state index in [1.165, 1.54) is 13.2 Å². The van der Waals surface area contributed by atoms with E-state index in [1.807, 2.05) is 31.2 Å². The van der Waals surface area contributed by atoms with Crippen LogP contribution in [0.4, 0.5) is 0 Å². The lowest BCUT2D eigenvalue weighted by Gasteiger charge is -2.10. The summed E-state index contributed by atoms with van der Waals surface area (Å²) in [7, 11) is 3.11. The van der Waals surface area contributed by atoms with Crippen LogP contribution in [0.5, 0.6) is 17.2 Å². The molecule has 0 bridgehead atoms. The van der Waals surface area contributed by atoms with Crippen LogP contribution in [0.25, 0.3) is 12.2 Å². The Balaban J connectivity index is 2.31. The van der Waals surface area contributed by atoms with Crippen LogP contribution in [0.1, 0.15) is 28.4 Å². The zero-order valence-electron chi connectivity index (χ0n) is 15.2. The van der Waals surface area contributed by atoms with Gasteiger partial charge in [-0.15, -0.1) is 0 Å². The van der Waals surface area contributed by atoms with Gasteiger partial charge in [0, 0.05) is 0 Å². The minimum Gasteiger partial charge on any atom is -0.506 e. The fourth-order valence-corrected chi connectivity index (χ4v) is 2.33. The van der Waals surface area contributed by atoms with E-state index in [0.29, 0.717) is 11.3 Å². The van der Waals surface area contributed by atoms with Crippen LogP contribution in [0, 0.1) is 0 Å².